The molecule has 19 heavy (non-hydrogen) atoms. The van der Waals surface area contributed by atoms with E-state index in [4.69, 9.17) is 0 Å². The first-order valence-electron chi connectivity index (χ1n) is 7.86. The predicted octanol–water partition coefficient (Wildman–Crippen LogP) is 2.34. The molecule has 0 atom stereocenters. The van der Waals surface area contributed by atoms with Gasteiger partial charge in [0.05, 0.1) is 0 Å². The van der Waals surface area contributed by atoms with Crippen LogP contribution in [0.25, 0.3) is 0 Å². The van der Waals surface area contributed by atoms with Crippen LogP contribution in [-0.2, 0) is 0 Å². The fourth-order valence-corrected chi connectivity index (χ4v) is 9.12. The van der Waals surface area contributed by atoms with Gasteiger partial charge in [0, 0.05) is 0 Å². The fraction of sp³-hybridized carbons (Fsp3) is 1.00. The zero-order valence-corrected chi connectivity index (χ0v) is 16.7. The van der Waals surface area contributed by atoms with E-state index in [-0.39, 0.29) is 0 Å². The van der Waals surface area contributed by atoms with Crippen molar-refractivity contribution in [3.05, 3.63) is 0 Å². The summed E-state index contributed by atoms with van der Waals surface area (Å²) in [5.41, 5.74) is 0. The molecule has 0 fully saturated rings. The van der Waals surface area contributed by atoms with Crippen LogP contribution in [0.5, 0.6) is 0 Å². The van der Waals surface area contributed by atoms with E-state index in [1.807, 2.05) is 0 Å². The molecule has 0 aliphatic rings. The second-order valence-corrected chi connectivity index (χ2v) is 14.0. The van der Waals surface area contributed by atoms with Crippen molar-refractivity contribution in [3.8, 4) is 0 Å². The van der Waals surface area contributed by atoms with Crippen molar-refractivity contribution >= 4 is 16.2 Å². The Morgan fingerprint density at radius 3 is 1.00 bits per heavy atom. The molecular formula is C15H36GaN3. The van der Waals surface area contributed by atoms with E-state index in [1.54, 1.807) is 14.9 Å². The van der Waals surface area contributed by atoms with Gasteiger partial charge in [-0.2, -0.15) is 0 Å². The van der Waals surface area contributed by atoms with Crippen molar-refractivity contribution in [2.45, 2.75) is 34.2 Å². The van der Waals surface area contributed by atoms with Gasteiger partial charge >= 0.3 is 127 Å². The van der Waals surface area contributed by atoms with E-state index in [9.17, 15) is 0 Å². The summed E-state index contributed by atoms with van der Waals surface area (Å²) in [5, 5.41) is 0. The van der Waals surface area contributed by atoms with Crippen LogP contribution in [0.4, 0.5) is 0 Å². The van der Waals surface area contributed by atoms with Crippen molar-refractivity contribution in [3.63, 3.8) is 0 Å². The summed E-state index contributed by atoms with van der Waals surface area (Å²) in [6.45, 7) is 3.84. The molecule has 3 nitrogen and oxygen atoms in total. The van der Waals surface area contributed by atoms with Crippen molar-refractivity contribution in [1.29, 1.82) is 0 Å². The third-order valence-corrected chi connectivity index (χ3v) is 11.4. The zero-order chi connectivity index (χ0) is 14.7. The number of rotatable bonds is 12. The molecule has 0 heterocycles. The van der Waals surface area contributed by atoms with E-state index in [1.165, 1.54) is 38.9 Å². The maximum absolute atomic E-state index is 2.33. The topological polar surface area (TPSA) is 9.72 Å². The second-order valence-electron chi connectivity index (χ2n) is 6.70. The summed E-state index contributed by atoms with van der Waals surface area (Å²) in [4.78, 5) is 11.8. The average molecular weight is 328 g/mol. The molecule has 0 saturated heterocycles. The molecule has 114 valence electrons. The van der Waals surface area contributed by atoms with Crippen LogP contribution >= 0.6 is 0 Å². The van der Waals surface area contributed by atoms with Crippen LogP contribution in [0.1, 0.15) is 19.3 Å². The molecule has 0 aromatic carbocycles. The van der Waals surface area contributed by atoms with Crippen molar-refractivity contribution in [1.82, 2.24) is 14.7 Å². The molecule has 0 radical (unpaired) electrons. The molecule has 0 amide bonds. The van der Waals surface area contributed by atoms with Gasteiger partial charge < -0.3 is 0 Å². The first kappa shape index (κ1) is 19.5. The molecule has 0 unspecified atom stereocenters. The van der Waals surface area contributed by atoms with Crippen LogP contribution < -0.4 is 0 Å². The summed E-state index contributed by atoms with van der Waals surface area (Å²) in [5.74, 6) is 0. The van der Waals surface area contributed by atoms with E-state index in [0.717, 1.165) is 0 Å². The molecule has 0 rings (SSSR count). The number of hydrogen-bond acceptors (Lipinski definition) is 3. The Bertz CT molecular complexity index is 163. The third-order valence-electron chi connectivity index (χ3n) is 3.65. The van der Waals surface area contributed by atoms with E-state index >= 15 is 0 Å². The van der Waals surface area contributed by atoms with Gasteiger partial charge in [0.25, 0.3) is 0 Å². The second kappa shape index (κ2) is 12.3. The SMILES string of the molecule is CN(C)CC[CH2][Ga]([CH2]CCN(C)C)[CH2]CCN(C)C. The molecule has 0 aromatic heterocycles. The summed E-state index contributed by atoms with van der Waals surface area (Å²) < 4.78 is 0. The van der Waals surface area contributed by atoms with E-state index in [0.29, 0.717) is 0 Å². The number of hydrogen-bond donors (Lipinski definition) is 0. The van der Waals surface area contributed by atoms with Crippen LogP contribution in [-0.4, -0.2) is 92.8 Å². The Hall–Kier alpha value is 0.516. The van der Waals surface area contributed by atoms with Crippen LogP contribution in [0.15, 0.2) is 0 Å². The minimum atomic E-state index is -0.988. The normalized spacial score (nSPS) is 11.8. The first-order chi connectivity index (χ1) is 8.91. The molecule has 0 aliphatic carbocycles. The molecule has 0 aliphatic heterocycles. The molecule has 0 saturated carbocycles. The fourth-order valence-electron chi connectivity index (χ4n) is 2.52. The molecule has 0 bridgehead atoms. The Labute approximate surface area is 127 Å². The minimum absolute atomic E-state index is 0.988. The van der Waals surface area contributed by atoms with E-state index < -0.39 is 16.2 Å². The van der Waals surface area contributed by atoms with Gasteiger partial charge in [-0.05, 0) is 0 Å². The van der Waals surface area contributed by atoms with E-state index in [2.05, 4.69) is 57.0 Å². The Morgan fingerprint density at radius 2 is 0.789 bits per heavy atom. The number of nitrogens with zero attached hydrogens (tertiary/aromatic N) is 3. The van der Waals surface area contributed by atoms with Gasteiger partial charge in [-0.3, -0.25) is 0 Å². The van der Waals surface area contributed by atoms with Gasteiger partial charge in [-0.25, -0.2) is 0 Å². The van der Waals surface area contributed by atoms with Crippen LogP contribution in [0.2, 0.25) is 14.9 Å². The zero-order valence-electron chi connectivity index (χ0n) is 14.3. The Balaban J connectivity index is 3.85. The van der Waals surface area contributed by atoms with Crippen LogP contribution in [0.3, 0.4) is 0 Å². The molecule has 0 N–H and O–H groups in total. The van der Waals surface area contributed by atoms with Gasteiger partial charge in [0.15, 0.2) is 0 Å². The average Bonchev–Trinajstić information content (AvgIpc) is 2.26. The summed E-state index contributed by atoms with van der Waals surface area (Å²) in [6.07, 6.45) is 4.30. The van der Waals surface area contributed by atoms with Crippen molar-refractivity contribution in [2.75, 3.05) is 61.9 Å². The third kappa shape index (κ3) is 14.7. The van der Waals surface area contributed by atoms with Gasteiger partial charge in [-0.1, -0.05) is 0 Å². The van der Waals surface area contributed by atoms with Crippen molar-refractivity contribution in [2.24, 2.45) is 0 Å². The van der Waals surface area contributed by atoms with Gasteiger partial charge in [0.1, 0.15) is 0 Å². The summed E-state index contributed by atoms with van der Waals surface area (Å²) >= 11 is -0.988. The maximum atomic E-state index is 2.33. The standard InChI is InChI=1S/3C5H12N.Ga/c3*1-4-5-6(2)3;/h3*1,4-5H2,2-3H3;. The Kier molecular flexibility index (Phi) is 12.6. The molecule has 0 aromatic rings. The monoisotopic (exact) mass is 327 g/mol. The first-order valence-corrected chi connectivity index (χ1v) is 13.0. The van der Waals surface area contributed by atoms with Crippen molar-refractivity contribution < 1.29 is 0 Å². The summed E-state index contributed by atoms with van der Waals surface area (Å²) in [7, 11) is 13.2. The molecule has 0 spiro atoms. The molecule has 4 heteroatoms. The van der Waals surface area contributed by atoms with Gasteiger partial charge in [0.2, 0.25) is 0 Å². The van der Waals surface area contributed by atoms with Crippen LogP contribution in [0, 0.1) is 0 Å². The quantitative estimate of drug-likeness (QED) is 0.509. The van der Waals surface area contributed by atoms with Gasteiger partial charge in [-0.15, -0.1) is 0 Å². The molecular weight excluding hydrogens is 292 g/mol. The summed E-state index contributed by atoms with van der Waals surface area (Å²) in [6, 6.07) is 0. The predicted molar refractivity (Wildman–Crippen MR) is 89.7 cm³/mol. The Morgan fingerprint density at radius 1 is 0.526 bits per heavy atom.